The molecule has 0 bridgehead atoms. The smallest absolute Gasteiger partial charge is 0.307 e. The molecule has 1 aliphatic rings. The van der Waals surface area contributed by atoms with E-state index < -0.39 is 6.10 Å². The van der Waals surface area contributed by atoms with E-state index in [1.165, 1.54) is 0 Å². The number of hydrogen-bond donors (Lipinski definition) is 0. The molecule has 0 aromatic carbocycles. The van der Waals surface area contributed by atoms with Crippen molar-refractivity contribution in [3.05, 3.63) is 0 Å². The van der Waals surface area contributed by atoms with Gasteiger partial charge in [0.1, 0.15) is 6.10 Å². The van der Waals surface area contributed by atoms with Gasteiger partial charge in [-0.25, -0.2) is 0 Å². The van der Waals surface area contributed by atoms with E-state index in [0.717, 1.165) is 19.3 Å². The highest BCUT2D eigenvalue weighted by atomic mass is 16.5. The molecule has 1 aliphatic carbocycles. The van der Waals surface area contributed by atoms with Crippen molar-refractivity contribution in [3.8, 4) is 12.3 Å². The molecular weight excluding hydrogens is 268 g/mol. The fourth-order valence-corrected chi connectivity index (χ4v) is 2.52. The van der Waals surface area contributed by atoms with Crippen LogP contribution in [0.1, 0.15) is 59.3 Å². The Balaban J connectivity index is 2.17. The van der Waals surface area contributed by atoms with Gasteiger partial charge in [0.15, 0.2) is 6.10 Å². The first-order chi connectivity index (χ1) is 9.92. The summed E-state index contributed by atoms with van der Waals surface area (Å²) in [6.45, 7) is 6.08. The minimum absolute atomic E-state index is 0.0390. The van der Waals surface area contributed by atoms with Crippen LogP contribution in [0.25, 0.3) is 0 Å². The summed E-state index contributed by atoms with van der Waals surface area (Å²) in [4.78, 5) is 23.1. The highest BCUT2D eigenvalue weighted by molar-refractivity contribution is 5.72. The Bertz CT molecular complexity index is 396. The summed E-state index contributed by atoms with van der Waals surface area (Å²) in [5, 5.41) is 0. The maximum absolute atomic E-state index is 11.8. The molecule has 0 radical (unpaired) electrons. The van der Waals surface area contributed by atoms with Crippen LogP contribution >= 0.6 is 0 Å². The summed E-state index contributed by atoms with van der Waals surface area (Å²) in [6.07, 6.45) is 8.51. The van der Waals surface area contributed by atoms with Gasteiger partial charge in [-0.1, -0.05) is 19.8 Å². The number of terminal acetylenes is 1. The molecule has 1 fully saturated rings. The molecule has 4 unspecified atom stereocenters. The summed E-state index contributed by atoms with van der Waals surface area (Å²) in [6, 6.07) is 0. The number of rotatable bonds is 6. The molecule has 1 saturated carbocycles. The van der Waals surface area contributed by atoms with Crippen molar-refractivity contribution in [2.45, 2.75) is 71.5 Å². The Hall–Kier alpha value is -1.50. The maximum atomic E-state index is 11.8. The standard InChI is InChI=1S/C17H26O4/c1-5-14(4)20-16(18)7-6-8-17(19)21-15-10-9-12(2)13(3)11-15/h1,12-15H,6-11H2,2-4H3. The second-order valence-electron chi connectivity index (χ2n) is 6.03. The third-order valence-corrected chi connectivity index (χ3v) is 4.15. The number of esters is 2. The fraction of sp³-hybridized carbons (Fsp3) is 0.765. The molecule has 1 rings (SSSR count). The van der Waals surface area contributed by atoms with E-state index in [1.807, 2.05) is 0 Å². The van der Waals surface area contributed by atoms with E-state index in [4.69, 9.17) is 15.9 Å². The Morgan fingerprint density at radius 1 is 1.19 bits per heavy atom. The van der Waals surface area contributed by atoms with Crippen LogP contribution in [0.2, 0.25) is 0 Å². The zero-order valence-electron chi connectivity index (χ0n) is 13.3. The Morgan fingerprint density at radius 2 is 1.86 bits per heavy atom. The van der Waals surface area contributed by atoms with Crippen LogP contribution in [0, 0.1) is 24.2 Å². The lowest BCUT2D eigenvalue weighted by Crippen LogP contribution is -2.28. The lowest BCUT2D eigenvalue weighted by atomic mass is 9.80. The number of ether oxygens (including phenoxy) is 2. The summed E-state index contributed by atoms with van der Waals surface area (Å²) in [5.41, 5.74) is 0. The highest BCUT2D eigenvalue weighted by Gasteiger charge is 2.26. The van der Waals surface area contributed by atoms with Crippen LogP contribution < -0.4 is 0 Å². The van der Waals surface area contributed by atoms with E-state index >= 15 is 0 Å². The molecule has 0 heterocycles. The van der Waals surface area contributed by atoms with Gasteiger partial charge in [-0.2, -0.15) is 0 Å². The summed E-state index contributed by atoms with van der Waals surface area (Å²) < 4.78 is 10.4. The summed E-state index contributed by atoms with van der Waals surface area (Å²) in [5.74, 6) is 3.03. The fourth-order valence-electron chi connectivity index (χ4n) is 2.52. The first-order valence-corrected chi connectivity index (χ1v) is 7.77. The number of hydrogen-bond acceptors (Lipinski definition) is 4. The maximum Gasteiger partial charge on any atom is 0.307 e. The Kier molecular flexibility index (Phi) is 7.28. The second kappa shape index (κ2) is 8.71. The third kappa shape index (κ3) is 6.66. The SMILES string of the molecule is C#CC(C)OC(=O)CCCC(=O)OC1CCC(C)C(C)C1. The van der Waals surface area contributed by atoms with Crippen LogP contribution in [-0.4, -0.2) is 24.1 Å². The molecule has 4 nitrogen and oxygen atoms in total. The van der Waals surface area contributed by atoms with Gasteiger partial charge >= 0.3 is 11.9 Å². The Morgan fingerprint density at radius 3 is 2.48 bits per heavy atom. The molecule has 0 saturated heterocycles. The van der Waals surface area contributed by atoms with E-state index in [-0.39, 0.29) is 30.9 Å². The van der Waals surface area contributed by atoms with Gasteiger partial charge in [0.05, 0.1) is 0 Å². The van der Waals surface area contributed by atoms with Gasteiger partial charge < -0.3 is 9.47 Å². The van der Waals surface area contributed by atoms with E-state index in [2.05, 4.69) is 19.8 Å². The monoisotopic (exact) mass is 294 g/mol. The van der Waals surface area contributed by atoms with Gasteiger partial charge in [-0.05, 0) is 44.4 Å². The zero-order chi connectivity index (χ0) is 15.8. The van der Waals surface area contributed by atoms with Crippen molar-refractivity contribution in [2.24, 2.45) is 11.8 Å². The van der Waals surface area contributed by atoms with Crippen molar-refractivity contribution in [1.82, 2.24) is 0 Å². The van der Waals surface area contributed by atoms with Crippen molar-refractivity contribution in [3.63, 3.8) is 0 Å². The number of carbonyl (C=O) groups excluding carboxylic acids is 2. The zero-order valence-corrected chi connectivity index (χ0v) is 13.3. The first-order valence-electron chi connectivity index (χ1n) is 7.77. The molecule has 4 heteroatoms. The predicted octanol–water partition coefficient (Wildman–Crippen LogP) is 3.09. The highest BCUT2D eigenvalue weighted by Crippen LogP contribution is 2.31. The van der Waals surface area contributed by atoms with Crippen LogP contribution in [0.4, 0.5) is 0 Å². The summed E-state index contributed by atoms with van der Waals surface area (Å²) in [7, 11) is 0. The minimum Gasteiger partial charge on any atom is -0.462 e. The van der Waals surface area contributed by atoms with Crippen molar-refractivity contribution >= 4 is 11.9 Å². The lowest BCUT2D eigenvalue weighted by Gasteiger charge is -2.31. The molecule has 0 aliphatic heterocycles. The molecular formula is C17H26O4. The molecule has 0 N–H and O–H groups in total. The minimum atomic E-state index is -0.518. The molecule has 4 atom stereocenters. The van der Waals surface area contributed by atoms with Crippen LogP contribution in [0.5, 0.6) is 0 Å². The average Bonchev–Trinajstić information content (AvgIpc) is 2.42. The van der Waals surface area contributed by atoms with Gasteiger partial charge in [0.2, 0.25) is 0 Å². The Labute approximate surface area is 127 Å². The third-order valence-electron chi connectivity index (χ3n) is 4.15. The van der Waals surface area contributed by atoms with Gasteiger partial charge in [0, 0.05) is 12.8 Å². The van der Waals surface area contributed by atoms with Crippen LogP contribution in [0.15, 0.2) is 0 Å². The van der Waals surface area contributed by atoms with Crippen molar-refractivity contribution in [2.75, 3.05) is 0 Å². The topological polar surface area (TPSA) is 52.6 Å². The van der Waals surface area contributed by atoms with Crippen molar-refractivity contribution in [1.29, 1.82) is 0 Å². The molecule has 0 amide bonds. The predicted molar refractivity (Wildman–Crippen MR) is 80.3 cm³/mol. The van der Waals surface area contributed by atoms with E-state index in [9.17, 15) is 9.59 Å². The largest absolute Gasteiger partial charge is 0.462 e. The van der Waals surface area contributed by atoms with E-state index in [0.29, 0.717) is 18.3 Å². The quantitative estimate of drug-likeness (QED) is 0.558. The van der Waals surface area contributed by atoms with E-state index in [1.54, 1.807) is 6.92 Å². The summed E-state index contributed by atoms with van der Waals surface area (Å²) >= 11 is 0. The molecule has 0 aromatic rings. The molecule has 21 heavy (non-hydrogen) atoms. The van der Waals surface area contributed by atoms with Gasteiger partial charge in [0.25, 0.3) is 0 Å². The average molecular weight is 294 g/mol. The molecule has 118 valence electrons. The second-order valence-corrected chi connectivity index (χ2v) is 6.03. The van der Waals surface area contributed by atoms with Crippen molar-refractivity contribution < 1.29 is 19.1 Å². The number of carbonyl (C=O) groups is 2. The lowest BCUT2D eigenvalue weighted by molar-refractivity contribution is -0.152. The molecule has 0 aromatic heterocycles. The van der Waals surface area contributed by atoms with Gasteiger partial charge in [-0.3, -0.25) is 9.59 Å². The van der Waals surface area contributed by atoms with Gasteiger partial charge in [-0.15, -0.1) is 6.42 Å². The van der Waals surface area contributed by atoms with Crippen LogP contribution in [0.3, 0.4) is 0 Å². The normalized spacial score (nSPS) is 26.5. The van der Waals surface area contributed by atoms with Crippen LogP contribution in [-0.2, 0) is 19.1 Å². The first kappa shape index (κ1) is 17.6. The molecule has 0 spiro atoms.